The highest BCUT2D eigenvalue weighted by Crippen LogP contribution is 2.45. The molecule has 0 aliphatic carbocycles. The molecule has 2 aromatic carbocycles. The summed E-state index contributed by atoms with van der Waals surface area (Å²) in [6.45, 7) is 7.69. The number of carbonyl (C=O) groups is 1. The van der Waals surface area contributed by atoms with Crippen LogP contribution in [-0.2, 0) is 12.0 Å². The van der Waals surface area contributed by atoms with Gasteiger partial charge in [-0.05, 0) is 36.2 Å². The van der Waals surface area contributed by atoms with E-state index in [1.54, 1.807) is 0 Å². The monoisotopic (exact) mass is 279 g/mol. The highest BCUT2D eigenvalue weighted by atomic mass is 16.1. The molecule has 108 valence electrons. The number of nitrogens with zero attached hydrogens (tertiary/aromatic N) is 1. The summed E-state index contributed by atoms with van der Waals surface area (Å²) in [5.74, 6) is 0. The van der Waals surface area contributed by atoms with Crippen molar-refractivity contribution in [2.75, 3.05) is 4.90 Å². The average molecular weight is 279 g/mol. The van der Waals surface area contributed by atoms with E-state index in [2.05, 4.69) is 56.0 Å². The number of fused-ring (bicyclic) bond motifs is 1. The summed E-state index contributed by atoms with van der Waals surface area (Å²) in [4.78, 5) is 13.5. The SMILES string of the molecule is CC1N(Cc2ccccc2)c2ccc(C=O)cc2C1(C)C. The molecule has 0 saturated carbocycles. The minimum Gasteiger partial charge on any atom is -0.363 e. The number of anilines is 1. The lowest BCUT2D eigenvalue weighted by molar-refractivity contribution is 0.112. The fourth-order valence-corrected chi connectivity index (χ4v) is 3.22. The number of carbonyl (C=O) groups excluding carboxylic acids is 1. The molecule has 0 saturated heterocycles. The standard InChI is InChI=1S/C19H21NO/c1-14-19(2,3)17-11-16(13-21)9-10-18(17)20(14)12-15-7-5-4-6-8-15/h4-11,13-14H,12H2,1-3H3. The van der Waals surface area contributed by atoms with Gasteiger partial charge in [-0.3, -0.25) is 4.79 Å². The molecule has 2 aromatic rings. The maximum Gasteiger partial charge on any atom is 0.150 e. The molecular weight excluding hydrogens is 258 g/mol. The smallest absolute Gasteiger partial charge is 0.150 e. The third kappa shape index (κ3) is 2.25. The quantitative estimate of drug-likeness (QED) is 0.785. The number of rotatable bonds is 3. The van der Waals surface area contributed by atoms with Gasteiger partial charge in [0.25, 0.3) is 0 Å². The van der Waals surface area contributed by atoms with Crippen LogP contribution in [0.3, 0.4) is 0 Å². The van der Waals surface area contributed by atoms with Gasteiger partial charge in [-0.2, -0.15) is 0 Å². The van der Waals surface area contributed by atoms with Crippen LogP contribution in [0, 0.1) is 0 Å². The van der Waals surface area contributed by atoms with Crippen LogP contribution in [-0.4, -0.2) is 12.3 Å². The molecule has 0 fully saturated rings. The van der Waals surface area contributed by atoms with Crippen molar-refractivity contribution in [3.8, 4) is 0 Å². The Bertz CT molecular complexity index is 661. The molecule has 1 atom stereocenters. The summed E-state index contributed by atoms with van der Waals surface area (Å²) in [6.07, 6.45) is 0.931. The predicted molar refractivity (Wildman–Crippen MR) is 86.9 cm³/mol. The number of aldehydes is 1. The Morgan fingerprint density at radius 1 is 1.14 bits per heavy atom. The van der Waals surface area contributed by atoms with E-state index in [1.165, 1.54) is 16.8 Å². The first-order chi connectivity index (χ1) is 10.0. The highest BCUT2D eigenvalue weighted by molar-refractivity contribution is 5.78. The van der Waals surface area contributed by atoms with Crippen molar-refractivity contribution in [1.29, 1.82) is 0 Å². The summed E-state index contributed by atoms with van der Waals surface area (Å²) < 4.78 is 0. The third-order valence-electron chi connectivity index (χ3n) is 4.87. The molecule has 2 nitrogen and oxygen atoms in total. The van der Waals surface area contributed by atoms with Gasteiger partial charge in [-0.1, -0.05) is 44.2 Å². The van der Waals surface area contributed by atoms with E-state index < -0.39 is 0 Å². The third-order valence-corrected chi connectivity index (χ3v) is 4.87. The van der Waals surface area contributed by atoms with Gasteiger partial charge in [-0.15, -0.1) is 0 Å². The molecule has 0 spiro atoms. The minimum absolute atomic E-state index is 0.0448. The van der Waals surface area contributed by atoms with Gasteiger partial charge in [0, 0.05) is 29.3 Å². The molecule has 1 heterocycles. The summed E-state index contributed by atoms with van der Waals surface area (Å²) in [5.41, 5.74) is 4.64. The van der Waals surface area contributed by atoms with E-state index in [9.17, 15) is 4.79 Å². The Kier molecular flexibility index (Phi) is 3.32. The second-order valence-electron chi connectivity index (χ2n) is 6.41. The van der Waals surface area contributed by atoms with Crippen LogP contribution in [0.15, 0.2) is 48.5 Å². The Labute approximate surface area is 126 Å². The number of hydrogen-bond donors (Lipinski definition) is 0. The van der Waals surface area contributed by atoms with Crippen LogP contribution in [0.1, 0.15) is 42.3 Å². The zero-order chi connectivity index (χ0) is 15.0. The van der Waals surface area contributed by atoms with Crippen LogP contribution >= 0.6 is 0 Å². The summed E-state index contributed by atoms with van der Waals surface area (Å²) >= 11 is 0. The first kappa shape index (κ1) is 13.9. The number of hydrogen-bond acceptors (Lipinski definition) is 2. The van der Waals surface area contributed by atoms with Crippen molar-refractivity contribution in [2.24, 2.45) is 0 Å². The van der Waals surface area contributed by atoms with Gasteiger partial charge in [0.1, 0.15) is 6.29 Å². The molecule has 0 aromatic heterocycles. The lowest BCUT2D eigenvalue weighted by atomic mass is 9.81. The Balaban J connectivity index is 2.02. The molecule has 1 unspecified atom stereocenters. The second kappa shape index (κ2) is 5.03. The highest BCUT2D eigenvalue weighted by Gasteiger charge is 2.41. The second-order valence-corrected chi connectivity index (χ2v) is 6.41. The zero-order valence-electron chi connectivity index (χ0n) is 12.8. The normalized spacial score (nSPS) is 19.4. The molecule has 2 heteroatoms. The fraction of sp³-hybridized carbons (Fsp3) is 0.316. The fourth-order valence-electron chi connectivity index (χ4n) is 3.22. The van der Waals surface area contributed by atoms with E-state index in [0.29, 0.717) is 6.04 Å². The van der Waals surface area contributed by atoms with Crippen LogP contribution < -0.4 is 4.90 Å². The van der Waals surface area contributed by atoms with Crippen molar-refractivity contribution < 1.29 is 4.79 Å². The first-order valence-corrected chi connectivity index (χ1v) is 7.44. The van der Waals surface area contributed by atoms with Crippen molar-refractivity contribution in [3.05, 3.63) is 65.2 Å². The van der Waals surface area contributed by atoms with Gasteiger partial charge >= 0.3 is 0 Å². The lowest BCUT2D eigenvalue weighted by Gasteiger charge is -2.31. The maximum absolute atomic E-state index is 11.1. The van der Waals surface area contributed by atoms with Crippen molar-refractivity contribution in [1.82, 2.24) is 0 Å². The van der Waals surface area contributed by atoms with Crippen LogP contribution in [0.5, 0.6) is 0 Å². The van der Waals surface area contributed by atoms with Gasteiger partial charge in [0.2, 0.25) is 0 Å². The van der Waals surface area contributed by atoms with Crippen molar-refractivity contribution in [2.45, 2.75) is 38.8 Å². The van der Waals surface area contributed by atoms with Gasteiger partial charge in [0.05, 0.1) is 0 Å². The van der Waals surface area contributed by atoms with Crippen LogP contribution in [0.2, 0.25) is 0 Å². The summed E-state index contributed by atoms with van der Waals surface area (Å²) in [6, 6.07) is 17.0. The molecule has 0 N–H and O–H groups in total. The van der Waals surface area contributed by atoms with Crippen LogP contribution in [0.25, 0.3) is 0 Å². The van der Waals surface area contributed by atoms with E-state index in [4.69, 9.17) is 0 Å². The molecular formula is C19H21NO. The largest absolute Gasteiger partial charge is 0.363 e. The first-order valence-electron chi connectivity index (χ1n) is 7.44. The predicted octanol–water partition coefficient (Wildman–Crippen LogP) is 4.19. The lowest BCUT2D eigenvalue weighted by Crippen LogP contribution is -2.38. The van der Waals surface area contributed by atoms with E-state index in [1.807, 2.05) is 18.2 Å². The van der Waals surface area contributed by atoms with Crippen LogP contribution in [0.4, 0.5) is 5.69 Å². The van der Waals surface area contributed by atoms with Gasteiger partial charge in [0.15, 0.2) is 0 Å². The Morgan fingerprint density at radius 2 is 1.86 bits per heavy atom. The topological polar surface area (TPSA) is 20.3 Å². The number of benzene rings is 2. The molecule has 0 amide bonds. The molecule has 21 heavy (non-hydrogen) atoms. The Morgan fingerprint density at radius 3 is 2.52 bits per heavy atom. The molecule has 1 aliphatic heterocycles. The molecule has 3 rings (SSSR count). The average Bonchev–Trinajstić information content (AvgIpc) is 2.69. The van der Waals surface area contributed by atoms with Crippen molar-refractivity contribution in [3.63, 3.8) is 0 Å². The zero-order valence-corrected chi connectivity index (χ0v) is 12.8. The van der Waals surface area contributed by atoms with E-state index in [0.717, 1.165) is 18.4 Å². The van der Waals surface area contributed by atoms with E-state index in [-0.39, 0.29) is 5.41 Å². The minimum atomic E-state index is 0.0448. The molecule has 0 radical (unpaired) electrons. The maximum atomic E-state index is 11.1. The summed E-state index contributed by atoms with van der Waals surface area (Å²) in [5, 5.41) is 0. The van der Waals surface area contributed by atoms with E-state index >= 15 is 0 Å². The Hall–Kier alpha value is -2.09. The van der Waals surface area contributed by atoms with Gasteiger partial charge < -0.3 is 4.90 Å². The molecule has 1 aliphatic rings. The molecule has 0 bridgehead atoms. The van der Waals surface area contributed by atoms with Crippen molar-refractivity contribution >= 4 is 12.0 Å². The summed E-state index contributed by atoms with van der Waals surface area (Å²) in [7, 11) is 0. The van der Waals surface area contributed by atoms with Gasteiger partial charge in [-0.25, -0.2) is 0 Å².